The zero-order chi connectivity index (χ0) is 12.9. The fraction of sp³-hybridized carbons (Fsp3) is 0.300. The van der Waals surface area contributed by atoms with Crippen molar-refractivity contribution >= 4 is 33.3 Å². The molecule has 1 aromatic rings. The molecule has 0 fully saturated rings. The van der Waals surface area contributed by atoms with E-state index in [-0.39, 0.29) is 6.61 Å². The molecule has 0 bridgehead atoms. The molecule has 0 aromatic heterocycles. The van der Waals surface area contributed by atoms with Gasteiger partial charge in [-0.15, -0.1) is 0 Å². The normalized spacial score (nSPS) is 10.9. The van der Waals surface area contributed by atoms with Gasteiger partial charge in [-0.05, 0) is 31.2 Å². The van der Waals surface area contributed by atoms with Crippen LogP contribution in [0.15, 0.2) is 24.3 Å². The monoisotopic (exact) mass is 277 g/mol. The molecule has 0 spiro atoms. The summed E-state index contributed by atoms with van der Waals surface area (Å²) in [7, 11) is -3.74. The van der Waals surface area contributed by atoms with Crippen LogP contribution >= 0.6 is 11.6 Å². The van der Waals surface area contributed by atoms with E-state index in [1.807, 2.05) is 0 Å². The molecule has 0 saturated carbocycles. The molecule has 0 unspecified atom stereocenters. The van der Waals surface area contributed by atoms with Crippen molar-refractivity contribution in [2.45, 2.75) is 6.92 Å². The number of rotatable bonds is 5. The summed E-state index contributed by atoms with van der Waals surface area (Å²) in [6.07, 6.45) is 0. The molecule has 0 aliphatic heterocycles. The average Bonchev–Trinajstić information content (AvgIpc) is 2.20. The summed E-state index contributed by atoms with van der Waals surface area (Å²) in [6.45, 7) is 1.76. The third-order valence-corrected chi connectivity index (χ3v) is 3.15. The molecule has 1 rings (SSSR count). The SMILES string of the molecule is CCOC(=O)CS(=O)(=O)Nc1ccc(Cl)cc1. The van der Waals surface area contributed by atoms with Crippen LogP contribution in [0.1, 0.15) is 6.92 Å². The van der Waals surface area contributed by atoms with Gasteiger partial charge >= 0.3 is 5.97 Å². The fourth-order valence-corrected chi connectivity index (χ4v) is 2.18. The number of carbonyl (C=O) groups is 1. The van der Waals surface area contributed by atoms with Gasteiger partial charge in [-0.3, -0.25) is 9.52 Å². The average molecular weight is 278 g/mol. The summed E-state index contributed by atoms with van der Waals surface area (Å²) < 4.78 is 29.9. The Morgan fingerprint density at radius 2 is 1.94 bits per heavy atom. The number of ether oxygens (including phenoxy) is 1. The van der Waals surface area contributed by atoms with Gasteiger partial charge < -0.3 is 4.74 Å². The molecule has 7 heteroatoms. The van der Waals surface area contributed by atoms with Gasteiger partial charge in [-0.25, -0.2) is 8.42 Å². The molecule has 0 amide bonds. The second-order valence-corrected chi connectivity index (χ2v) is 5.33. The molecule has 5 nitrogen and oxygen atoms in total. The summed E-state index contributed by atoms with van der Waals surface area (Å²) in [5.74, 6) is -1.49. The Kier molecular flexibility index (Phi) is 4.77. The largest absolute Gasteiger partial charge is 0.465 e. The number of nitrogens with one attached hydrogen (secondary N) is 1. The van der Waals surface area contributed by atoms with Gasteiger partial charge in [0.1, 0.15) is 0 Å². The molecular weight excluding hydrogens is 266 g/mol. The Morgan fingerprint density at radius 1 is 1.35 bits per heavy atom. The molecule has 0 radical (unpaired) electrons. The van der Waals surface area contributed by atoms with Gasteiger partial charge in [-0.1, -0.05) is 11.6 Å². The van der Waals surface area contributed by atoms with Gasteiger partial charge in [0, 0.05) is 10.7 Å². The minimum atomic E-state index is -3.74. The number of halogens is 1. The molecule has 0 atom stereocenters. The number of anilines is 1. The number of sulfonamides is 1. The van der Waals surface area contributed by atoms with E-state index in [1.54, 1.807) is 19.1 Å². The second kappa shape index (κ2) is 5.88. The molecular formula is C10H12ClNO4S. The minimum absolute atomic E-state index is 0.148. The first kappa shape index (κ1) is 13.8. The summed E-state index contributed by atoms with van der Waals surface area (Å²) in [5.41, 5.74) is 0.346. The summed E-state index contributed by atoms with van der Waals surface area (Å²) >= 11 is 5.66. The lowest BCUT2D eigenvalue weighted by molar-refractivity contribution is -0.139. The number of esters is 1. The van der Waals surface area contributed by atoms with Crippen LogP contribution in [-0.2, 0) is 19.6 Å². The predicted molar refractivity (Wildman–Crippen MR) is 65.5 cm³/mol. The smallest absolute Gasteiger partial charge is 0.323 e. The van der Waals surface area contributed by atoms with Gasteiger partial charge in [0.2, 0.25) is 10.0 Å². The van der Waals surface area contributed by atoms with E-state index in [0.29, 0.717) is 10.7 Å². The van der Waals surface area contributed by atoms with Crippen molar-refractivity contribution in [1.29, 1.82) is 0 Å². The van der Waals surface area contributed by atoms with Crippen molar-refractivity contribution in [3.8, 4) is 0 Å². The van der Waals surface area contributed by atoms with Crippen LogP contribution in [0.5, 0.6) is 0 Å². The van der Waals surface area contributed by atoms with Crippen LogP contribution in [0.4, 0.5) is 5.69 Å². The molecule has 1 aromatic carbocycles. The first-order valence-electron chi connectivity index (χ1n) is 4.84. The third-order valence-electron chi connectivity index (χ3n) is 1.73. The van der Waals surface area contributed by atoms with Crippen molar-refractivity contribution in [3.05, 3.63) is 29.3 Å². The van der Waals surface area contributed by atoms with Gasteiger partial charge in [-0.2, -0.15) is 0 Å². The Balaban J connectivity index is 2.66. The van der Waals surface area contributed by atoms with Crippen molar-refractivity contribution < 1.29 is 17.9 Å². The Hall–Kier alpha value is -1.27. The van der Waals surface area contributed by atoms with E-state index in [2.05, 4.69) is 9.46 Å². The van der Waals surface area contributed by atoms with E-state index < -0.39 is 21.7 Å². The first-order valence-corrected chi connectivity index (χ1v) is 6.87. The maximum Gasteiger partial charge on any atom is 0.323 e. The molecule has 1 N–H and O–H groups in total. The van der Waals surface area contributed by atoms with Crippen LogP contribution in [0.2, 0.25) is 5.02 Å². The van der Waals surface area contributed by atoms with Crippen LogP contribution in [0, 0.1) is 0 Å². The lowest BCUT2D eigenvalue weighted by atomic mass is 10.3. The lowest BCUT2D eigenvalue weighted by Gasteiger charge is -2.07. The molecule has 0 aliphatic carbocycles. The van der Waals surface area contributed by atoms with Gasteiger partial charge in [0.05, 0.1) is 6.61 Å². The standard InChI is InChI=1S/C10H12ClNO4S/c1-2-16-10(13)7-17(14,15)12-9-5-3-8(11)4-6-9/h3-6,12H,2,7H2,1H3. The van der Waals surface area contributed by atoms with E-state index in [4.69, 9.17) is 11.6 Å². The highest BCUT2D eigenvalue weighted by molar-refractivity contribution is 7.93. The van der Waals surface area contributed by atoms with E-state index in [0.717, 1.165) is 0 Å². The quantitative estimate of drug-likeness (QED) is 0.831. The van der Waals surface area contributed by atoms with Gasteiger partial charge in [0.15, 0.2) is 5.75 Å². The number of carbonyl (C=O) groups excluding carboxylic acids is 1. The van der Waals surface area contributed by atoms with E-state index in [9.17, 15) is 13.2 Å². The topological polar surface area (TPSA) is 72.5 Å². The molecule has 0 aliphatic rings. The number of benzene rings is 1. The second-order valence-electron chi connectivity index (χ2n) is 3.17. The Bertz CT molecular complexity index is 484. The van der Waals surface area contributed by atoms with Crippen molar-refractivity contribution in [1.82, 2.24) is 0 Å². The van der Waals surface area contributed by atoms with Crippen molar-refractivity contribution in [2.24, 2.45) is 0 Å². The zero-order valence-corrected chi connectivity index (χ0v) is 10.7. The predicted octanol–water partition coefficient (Wildman–Crippen LogP) is 1.64. The van der Waals surface area contributed by atoms with E-state index in [1.165, 1.54) is 12.1 Å². The van der Waals surface area contributed by atoms with Crippen LogP contribution in [-0.4, -0.2) is 26.7 Å². The highest BCUT2D eigenvalue weighted by Gasteiger charge is 2.17. The van der Waals surface area contributed by atoms with Crippen LogP contribution < -0.4 is 4.72 Å². The molecule has 0 heterocycles. The maximum atomic E-state index is 11.5. The van der Waals surface area contributed by atoms with Crippen molar-refractivity contribution in [2.75, 3.05) is 17.1 Å². The lowest BCUT2D eigenvalue weighted by Crippen LogP contribution is -2.24. The highest BCUT2D eigenvalue weighted by Crippen LogP contribution is 2.14. The minimum Gasteiger partial charge on any atom is -0.465 e. The number of hydrogen-bond acceptors (Lipinski definition) is 4. The first-order chi connectivity index (χ1) is 7.93. The third kappa shape index (κ3) is 5.06. The summed E-state index contributed by atoms with van der Waals surface area (Å²) in [6, 6.07) is 6.10. The van der Waals surface area contributed by atoms with Crippen LogP contribution in [0.25, 0.3) is 0 Å². The zero-order valence-electron chi connectivity index (χ0n) is 9.14. The maximum absolute atomic E-state index is 11.5. The summed E-state index contributed by atoms with van der Waals surface area (Å²) in [5, 5.41) is 0.498. The molecule has 0 saturated heterocycles. The van der Waals surface area contributed by atoms with Gasteiger partial charge in [0.25, 0.3) is 0 Å². The fourth-order valence-electron chi connectivity index (χ4n) is 1.09. The van der Waals surface area contributed by atoms with Crippen molar-refractivity contribution in [3.63, 3.8) is 0 Å². The summed E-state index contributed by atoms with van der Waals surface area (Å²) in [4.78, 5) is 11.0. The Labute approximate surface area is 105 Å². The Morgan fingerprint density at radius 3 is 2.47 bits per heavy atom. The van der Waals surface area contributed by atoms with E-state index >= 15 is 0 Å². The number of hydrogen-bond donors (Lipinski definition) is 1. The molecule has 94 valence electrons. The van der Waals surface area contributed by atoms with Crippen LogP contribution in [0.3, 0.4) is 0 Å². The molecule has 17 heavy (non-hydrogen) atoms. The highest BCUT2D eigenvalue weighted by atomic mass is 35.5.